The number of aliphatic hydroxyl groups excluding tert-OH is 2. The summed E-state index contributed by atoms with van der Waals surface area (Å²) < 4.78 is 5.22. The molecule has 0 radical (unpaired) electrons. The minimum atomic E-state index is -0.556. The summed E-state index contributed by atoms with van der Waals surface area (Å²) in [7, 11) is 0. The van der Waals surface area contributed by atoms with Gasteiger partial charge >= 0.3 is 5.97 Å². The number of unbranched alkanes of at least 4 members (excludes halogenated alkanes) is 6. The topological polar surface area (TPSA) is 66.8 Å². The predicted octanol–water partition coefficient (Wildman–Crippen LogP) is 3.32. The van der Waals surface area contributed by atoms with Gasteiger partial charge in [-0.15, -0.1) is 0 Å². The lowest BCUT2D eigenvalue weighted by Crippen LogP contribution is -2.10. The molecule has 0 aliphatic rings. The summed E-state index contributed by atoms with van der Waals surface area (Å²) in [6.45, 7) is 0.345. The van der Waals surface area contributed by atoms with E-state index in [1.165, 1.54) is 6.42 Å². The van der Waals surface area contributed by atoms with Crippen LogP contribution in [-0.4, -0.2) is 35.5 Å². The van der Waals surface area contributed by atoms with Gasteiger partial charge in [-0.25, -0.2) is 4.79 Å². The van der Waals surface area contributed by atoms with Crippen LogP contribution in [0.25, 0.3) is 0 Å². The molecule has 0 saturated carbocycles. The van der Waals surface area contributed by atoms with Crippen LogP contribution < -0.4 is 0 Å². The van der Waals surface area contributed by atoms with Crippen molar-refractivity contribution in [3.05, 3.63) is 35.9 Å². The number of ether oxygens (including phenoxy) is 1. The molecule has 4 heteroatoms. The van der Waals surface area contributed by atoms with Crippen LogP contribution in [0.5, 0.6) is 0 Å². The first-order chi connectivity index (χ1) is 10.7. The van der Waals surface area contributed by atoms with E-state index >= 15 is 0 Å². The fourth-order valence-electron chi connectivity index (χ4n) is 2.28. The van der Waals surface area contributed by atoms with Gasteiger partial charge in [-0.1, -0.05) is 56.7 Å². The Hall–Kier alpha value is -1.39. The molecule has 0 saturated heterocycles. The normalized spacial score (nSPS) is 12.1. The molecule has 0 bridgehead atoms. The molecular weight excluding hydrogens is 280 g/mol. The predicted molar refractivity (Wildman–Crippen MR) is 86.8 cm³/mol. The number of benzene rings is 1. The summed E-state index contributed by atoms with van der Waals surface area (Å²) in [5.74, 6) is -0.247. The van der Waals surface area contributed by atoms with E-state index < -0.39 is 6.10 Å². The Morgan fingerprint density at radius 1 is 0.955 bits per heavy atom. The zero-order chi connectivity index (χ0) is 16.0. The van der Waals surface area contributed by atoms with Gasteiger partial charge in [0, 0.05) is 0 Å². The maximum Gasteiger partial charge on any atom is 0.338 e. The molecular formula is C18H28O4. The molecule has 0 fully saturated rings. The largest absolute Gasteiger partial charge is 0.462 e. The molecule has 0 spiro atoms. The fourth-order valence-corrected chi connectivity index (χ4v) is 2.28. The van der Waals surface area contributed by atoms with Crippen LogP contribution in [0.15, 0.2) is 30.3 Å². The van der Waals surface area contributed by atoms with Crippen LogP contribution in [0.1, 0.15) is 61.7 Å². The molecule has 0 aliphatic heterocycles. The van der Waals surface area contributed by atoms with Gasteiger partial charge < -0.3 is 14.9 Å². The highest BCUT2D eigenvalue weighted by molar-refractivity contribution is 5.89. The number of rotatable bonds is 12. The molecule has 4 nitrogen and oxygen atoms in total. The Balaban J connectivity index is 1.89. The van der Waals surface area contributed by atoms with Crippen molar-refractivity contribution < 1.29 is 19.7 Å². The molecule has 1 rings (SSSR count). The van der Waals surface area contributed by atoms with Crippen LogP contribution in [0.2, 0.25) is 0 Å². The molecule has 0 heterocycles. The van der Waals surface area contributed by atoms with Crippen molar-refractivity contribution in [1.29, 1.82) is 0 Å². The van der Waals surface area contributed by atoms with Crippen LogP contribution in [0.4, 0.5) is 0 Å². The molecule has 0 aromatic heterocycles. The summed E-state index contributed by atoms with van der Waals surface area (Å²) in [5, 5.41) is 17.9. The molecule has 1 aromatic rings. The minimum Gasteiger partial charge on any atom is -0.462 e. The van der Waals surface area contributed by atoms with Crippen molar-refractivity contribution in [2.45, 2.75) is 57.5 Å². The van der Waals surface area contributed by atoms with Crippen LogP contribution >= 0.6 is 0 Å². The van der Waals surface area contributed by atoms with Gasteiger partial charge in [0.2, 0.25) is 0 Å². The van der Waals surface area contributed by atoms with Gasteiger partial charge in [0.15, 0.2) is 0 Å². The maximum absolute atomic E-state index is 11.7. The van der Waals surface area contributed by atoms with Gasteiger partial charge in [0.1, 0.15) is 0 Å². The van der Waals surface area contributed by atoms with Gasteiger partial charge in [0.05, 0.1) is 24.9 Å². The smallest absolute Gasteiger partial charge is 0.338 e. The molecule has 1 aromatic carbocycles. The standard InChI is InChI=1S/C18H28O4/c19-15-17(20)13-9-4-2-1-3-5-10-14-22-18(21)16-11-7-6-8-12-16/h6-8,11-12,17,19-20H,1-5,9-10,13-15H2. The lowest BCUT2D eigenvalue weighted by molar-refractivity contribution is 0.0497. The first kappa shape index (κ1) is 18.7. The van der Waals surface area contributed by atoms with E-state index in [1.54, 1.807) is 12.1 Å². The number of carbonyl (C=O) groups is 1. The third-order valence-corrected chi connectivity index (χ3v) is 3.64. The second-order valence-corrected chi connectivity index (χ2v) is 5.60. The lowest BCUT2D eigenvalue weighted by atomic mass is 10.1. The number of hydrogen-bond donors (Lipinski definition) is 2. The van der Waals surface area contributed by atoms with Crippen molar-refractivity contribution in [3.8, 4) is 0 Å². The average molecular weight is 308 g/mol. The number of hydrogen-bond acceptors (Lipinski definition) is 4. The Labute approximate surface area is 133 Å². The Kier molecular flexibility index (Phi) is 10.3. The van der Waals surface area contributed by atoms with E-state index in [4.69, 9.17) is 9.84 Å². The summed E-state index contributed by atoms with van der Waals surface area (Å²) in [6, 6.07) is 9.06. The summed E-state index contributed by atoms with van der Waals surface area (Å²) in [6.07, 6.45) is 7.64. The van der Waals surface area contributed by atoms with Crippen molar-refractivity contribution in [1.82, 2.24) is 0 Å². The number of aliphatic hydroxyl groups is 2. The molecule has 2 N–H and O–H groups in total. The van der Waals surface area contributed by atoms with E-state index in [2.05, 4.69) is 0 Å². The molecule has 22 heavy (non-hydrogen) atoms. The van der Waals surface area contributed by atoms with Crippen molar-refractivity contribution in [2.75, 3.05) is 13.2 Å². The Morgan fingerprint density at radius 2 is 1.55 bits per heavy atom. The molecule has 0 aliphatic carbocycles. The SMILES string of the molecule is O=C(OCCCCCCCCCC(O)CO)c1ccccc1. The molecule has 1 unspecified atom stereocenters. The van der Waals surface area contributed by atoms with Gasteiger partial charge in [0.25, 0.3) is 0 Å². The van der Waals surface area contributed by atoms with E-state index in [0.29, 0.717) is 18.6 Å². The lowest BCUT2D eigenvalue weighted by Gasteiger charge is -2.06. The summed E-state index contributed by atoms with van der Waals surface area (Å²) in [4.78, 5) is 11.7. The average Bonchev–Trinajstić information content (AvgIpc) is 2.56. The van der Waals surface area contributed by atoms with Crippen LogP contribution in [-0.2, 0) is 4.74 Å². The fraction of sp³-hybridized carbons (Fsp3) is 0.611. The highest BCUT2D eigenvalue weighted by Crippen LogP contribution is 2.10. The monoisotopic (exact) mass is 308 g/mol. The van der Waals surface area contributed by atoms with Gasteiger partial charge in [-0.3, -0.25) is 0 Å². The van der Waals surface area contributed by atoms with E-state index in [1.807, 2.05) is 18.2 Å². The molecule has 0 amide bonds. The van der Waals surface area contributed by atoms with E-state index in [0.717, 1.165) is 38.5 Å². The zero-order valence-corrected chi connectivity index (χ0v) is 13.2. The first-order valence-corrected chi connectivity index (χ1v) is 8.25. The molecule has 124 valence electrons. The van der Waals surface area contributed by atoms with Crippen molar-refractivity contribution in [3.63, 3.8) is 0 Å². The number of carbonyl (C=O) groups excluding carboxylic acids is 1. The second kappa shape index (κ2) is 12.2. The van der Waals surface area contributed by atoms with Gasteiger partial charge in [-0.05, 0) is 25.0 Å². The first-order valence-electron chi connectivity index (χ1n) is 8.25. The maximum atomic E-state index is 11.7. The van der Waals surface area contributed by atoms with E-state index in [-0.39, 0.29) is 12.6 Å². The second-order valence-electron chi connectivity index (χ2n) is 5.60. The molecule has 1 atom stereocenters. The van der Waals surface area contributed by atoms with Gasteiger partial charge in [-0.2, -0.15) is 0 Å². The van der Waals surface area contributed by atoms with Crippen molar-refractivity contribution in [2.24, 2.45) is 0 Å². The third kappa shape index (κ3) is 8.80. The quantitative estimate of drug-likeness (QED) is 0.459. The Morgan fingerprint density at radius 3 is 2.18 bits per heavy atom. The third-order valence-electron chi connectivity index (χ3n) is 3.64. The minimum absolute atomic E-state index is 0.137. The zero-order valence-electron chi connectivity index (χ0n) is 13.2. The van der Waals surface area contributed by atoms with Crippen molar-refractivity contribution >= 4 is 5.97 Å². The summed E-state index contributed by atoms with van der Waals surface area (Å²) >= 11 is 0. The highest BCUT2D eigenvalue weighted by Gasteiger charge is 2.05. The highest BCUT2D eigenvalue weighted by atomic mass is 16.5. The van der Waals surface area contributed by atoms with E-state index in [9.17, 15) is 9.90 Å². The summed E-state index contributed by atoms with van der Waals surface area (Å²) in [5.41, 5.74) is 0.604. The Bertz CT molecular complexity index is 391. The number of esters is 1. The van der Waals surface area contributed by atoms with Crippen LogP contribution in [0.3, 0.4) is 0 Å². The van der Waals surface area contributed by atoms with Crippen LogP contribution in [0, 0.1) is 0 Å².